The fourth-order valence-electron chi connectivity index (χ4n) is 2.57. The molecule has 0 aliphatic heterocycles. The Kier molecular flexibility index (Phi) is 7.41. The monoisotopic (exact) mass is 415 g/mol. The van der Waals surface area contributed by atoms with Crippen LogP contribution in [0.5, 0.6) is 0 Å². The fourth-order valence-corrected chi connectivity index (χ4v) is 3.54. The molecule has 0 aromatic heterocycles. The third-order valence-corrected chi connectivity index (χ3v) is 5.43. The number of carbonyl (C=O) groups is 2. The number of hydrogen-bond donors (Lipinski definition) is 1. The summed E-state index contributed by atoms with van der Waals surface area (Å²) in [5.41, 5.74) is 10.4. The topological polar surface area (TPSA) is 126 Å². The van der Waals surface area contributed by atoms with Crippen molar-refractivity contribution in [2.75, 3.05) is 6.61 Å². The van der Waals surface area contributed by atoms with E-state index in [-0.39, 0.29) is 35.6 Å². The largest absolute Gasteiger partial charge is 0.457 e. The Hall–Kier alpha value is -3.29. The fraction of sp³-hybridized carbons (Fsp3) is 0.250. The molecule has 0 unspecified atom stereocenters. The summed E-state index contributed by atoms with van der Waals surface area (Å²) in [6.07, 6.45) is 0.191. The van der Waals surface area contributed by atoms with Gasteiger partial charge in [0.2, 0.25) is 0 Å². The van der Waals surface area contributed by atoms with Crippen LogP contribution >= 0.6 is 0 Å². The lowest BCUT2D eigenvalue weighted by molar-refractivity contribution is -0.140. The Balaban J connectivity index is 2.19. The SMILES string of the molecule is CCOC(=O)C(CCc1ccccc1C(=O)NS(=O)(=O)c1ccc(C)cc1)=[N+]=[N-]. The van der Waals surface area contributed by atoms with Gasteiger partial charge in [-0.05, 0) is 44.0 Å². The highest BCUT2D eigenvalue weighted by molar-refractivity contribution is 7.90. The van der Waals surface area contributed by atoms with E-state index in [0.29, 0.717) is 5.56 Å². The van der Waals surface area contributed by atoms with Crippen molar-refractivity contribution in [3.8, 4) is 0 Å². The van der Waals surface area contributed by atoms with Crippen LogP contribution in [0.4, 0.5) is 0 Å². The number of sulfonamides is 1. The molecule has 0 aliphatic carbocycles. The van der Waals surface area contributed by atoms with E-state index in [1.165, 1.54) is 18.2 Å². The summed E-state index contributed by atoms with van der Waals surface area (Å²) in [4.78, 5) is 27.2. The van der Waals surface area contributed by atoms with Gasteiger partial charge in [0, 0.05) is 5.56 Å². The third-order valence-electron chi connectivity index (χ3n) is 4.08. The highest BCUT2D eigenvalue weighted by atomic mass is 32.2. The van der Waals surface area contributed by atoms with Gasteiger partial charge in [0.15, 0.2) is 0 Å². The minimum atomic E-state index is -4.04. The number of rotatable bonds is 8. The van der Waals surface area contributed by atoms with Crippen molar-refractivity contribution >= 4 is 27.6 Å². The van der Waals surface area contributed by atoms with Gasteiger partial charge in [0.25, 0.3) is 15.9 Å². The van der Waals surface area contributed by atoms with Gasteiger partial charge in [-0.1, -0.05) is 35.9 Å². The molecular weight excluding hydrogens is 394 g/mol. The first-order valence-corrected chi connectivity index (χ1v) is 10.4. The molecule has 0 saturated carbocycles. The molecule has 0 saturated heterocycles. The molecule has 2 aromatic carbocycles. The van der Waals surface area contributed by atoms with Crippen LogP contribution in [0.25, 0.3) is 5.53 Å². The standard InChI is InChI=1S/C20H21N3O5S/c1-3-28-20(25)18(22-21)13-10-15-6-4-5-7-17(15)19(24)23-29(26,27)16-11-8-14(2)9-12-16/h4-9,11-12H,3,10,13H2,1-2H3,(H,23,24). The van der Waals surface area contributed by atoms with Crippen molar-refractivity contribution in [2.45, 2.75) is 31.6 Å². The Morgan fingerprint density at radius 2 is 1.76 bits per heavy atom. The summed E-state index contributed by atoms with van der Waals surface area (Å²) in [6.45, 7) is 3.58. The predicted octanol–water partition coefficient (Wildman–Crippen LogP) is 2.28. The van der Waals surface area contributed by atoms with Crippen molar-refractivity contribution in [1.29, 1.82) is 0 Å². The van der Waals surface area contributed by atoms with Gasteiger partial charge in [-0.25, -0.2) is 17.9 Å². The average Bonchev–Trinajstić information content (AvgIpc) is 2.69. The lowest BCUT2D eigenvalue weighted by Gasteiger charge is -2.10. The smallest absolute Gasteiger partial charge is 0.416 e. The second-order valence-corrected chi connectivity index (χ2v) is 7.85. The van der Waals surface area contributed by atoms with E-state index in [4.69, 9.17) is 10.3 Å². The van der Waals surface area contributed by atoms with E-state index in [2.05, 4.69) is 9.51 Å². The molecule has 1 amide bonds. The second-order valence-electron chi connectivity index (χ2n) is 6.17. The highest BCUT2D eigenvalue weighted by Crippen LogP contribution is 2.15. The Morgan fingerprint density at radius 3 is 2.38 bits per heavy atom. The van der Waals surface area contributed by atoms with E-state index in [9.17, 15) is 18.0 Å². The lowest BCUT2D eigenvalue weighted by atomic mass is 10.0. The Morgan fingerprint density at radius 1 is 1.10 bits per heavy atom. The van der Waals surface area contributed by atoms with Crippen LogP contribution < -0.4 is 4.72 Å². The maximum atomic E-state index is 12.6. The first-order valence-electron chi connectivity index (χ1n) is 8.88. The first-order chi connectivity index (χ1) is 13.8. The first kappa shape index (κ1) is 22.0. The second kappa shape index (κ2) is 9.77. The zero-order valence-corrected chi connectivity index (χ0v) is 16.9. The van der Waals surface area contributed by atoms with Gasteiger partial charge in [0.1, 0.15) is 0 Å². The molecular formula is C20H21N3O5S. The molecule has 0 radical (unpaired) electrons. The molecule has 29 heavy (non-hydrogen) atoms. The van der Waals surface area contributed by atoms with Gasteiger partial charge >= 0.3 is 11.7 Å². The quantitative estimate of drug-likeness (QED) is 0.306. The molecule has 0 spiro atoms. The Bertz CT molecular complexity index is 1060. The molecule has 152 valence electrons. The van der Waals surface area contributed by atoms with Gasteiger partial charge in [-0.3, -0.25) is 4.79 Å². The zero-order chi connectivity index (χ0) is 21.4. The van der Waals surface area contributed by atoms with Gasteiger partial charge in [-0.15, -0.1) is 0 Å². The molecule has 0 fully saturated rings. The minimum Gasteiger partial charge on any atom is -0.457 e. The summed E-state index contributed by atoms with van der Waals surface area (Å²) < 4.78 is 31.8. The van der Waals surface area contributed by atoms with E-state index >= 15 is 0 Å². The number of ether oxygens (including phenoxy) is 1. The number of esters is 1. The van der Waals surface area contributed by atoms with Crippen molar-refractivity contribution in [2.24, 2.45) is 0 Å². The summed E-state index contributed by atoms with van der Waals surface area (Å²) in [5.74, 6) is -1.54. The number of benzene rings is 2. The van der Waals surface area contributed by atoms with Crippen LogP contribution in [-0.4, -0.2) is 37.4 Å². The zero-order valence-electron chi connectivity index (χ0n) is 16.1. The summed E-state index contributed by atoms with van der Waals surface area (Å²) >= 11 is 0. The van der Waals surface area contributed by atoms with Gasteiger partial charge < -0.3 is 10.3 Å². The molecule has 2 rings (SSSR count). The van der Waals surface area contributed by atoms with Crippen molar-refractivity contribution < 1.29 is 27.5 Å². The molecule has 2 aromatic rings. The average molecular weight is 415 g/mol. The molecule has 8 nitrogen and oxygen atoms in total. The minimum absolute atomic E-state index is 0.0182. The highest BCUT2D eigenvalue weighted by Gasteiger charge is 2.24. The molecule has 9 heteroatoms. The van der Waals surface area contributed by atoms with E-state index in [1.807, 2.05) is 6.92 Å². The molecule has 0 aliphatic rings. The number of amides is 1. The van der Waals surface area contributed by atoms with Crippen LogP contribution in [0.1, 0.15) is 34.8 Å². The Labute approximate surface area is 169 Å². The number of aryl methyl sites for hydroxylation is 2. The van der Waals surface area contributed by atoms with Gasteiger partial charge in [0.05, 0.1) is 17.9 Å². The van der Waals surface area contributed by atoms with Crippen molar-refractivity contribution in [1.82, 2.24) is 4.72 Å². The summed E-state index contributed by atoms with van der Waals surface area (Å²) in [5, 5.41) is 0. The maximum absolute atomic E-state index is 12.6. The lowest BCUT2D eigenvalue weighted by Crippen LogP contribution is -2.31. The van der Waals surface area contributed by atoms with Crippen molar-refractivity contribution in [3.63, 3.8) is 0 Å². The van der Waals surface area contributed by atoms with E-state index < -0.39 is 21.9 Å². The summed E-state index contributed by atoms with van der Waals surface area (Å²) in [6, 6.07) is 12.5. The third kappa shape index (κ3) is 5.84. The van der Waals surface area contributed by atoms with Crippen molar-refractivity contribution in [3.05, 3.63) is 70.8 Å². The van der Waals surface area contributed by atoms with Crippen LogP contribution in [0.3, 0.4) is 0 Å². The molecule has 0 heterocycles. The maximum Gasteiger partial charge on any atom is 0.416 e. The van der Waals surface area contributed by atoms with E-state index in [1.54, 1.807) is 37.3 Å². The van der Waals surface area contributed by atoms with Crippen LogP contribution in [0.2, 0.25) is 0 Å². The number of nitrogens with zero attached hydrogens (tertiary/aromatic N) is 2. The number of hydrogen-bond acceptors (Lipinski definition) is 5. The predicted molar refractivity (Wildman–Crippen MR) is 106 cm³/mol. The van der Waals surface area contributed by atoms with Gasteiger partial charge in [-0.2, -0.15) is 4.79 Å². The molecule has 0 bridgehead atoms. The number of nitrogens with one attached hydrogen (secondary N) is 1. The van der Waals surface area contributed by atoms with Crippen LogP contribution in [-0.2, 0) is 26.0 Å². The molecule has 1 N–H and O–H groups in total. The normalized spacial score (nSPS) is 10.7. The number of carbonyl (C=O) groups excluding carboxylic acids is 2. The van der Waals surface area contributed by atoms with Crippen LogP contribution in [0.15, 0.2) is 53.4 Å². The van der Waals surface area contributed by atoms with Crippen LogP contribution in [0, 0.1) is 6.92 Å². The van der Waals surface area contributed by atoms with E-state index in [0.717, 1.165) is 5.56 Å². The summed E-state index contributed by atoms with van der Waals surface area (Å²) in [7, 11) is -4.04. The molecule has 0 atom stereocenters.